The van der Waals surface area contributed by atoms with Gasteiger partial charge < -0.3 is 20.7 Å². The Labute approximate surface area is 196 Å². The van der Waals surface area contributed by atoms with Gasteiger partial charge >= 0.3 is 0 Å². The van der Waals surface area contributed by atoms with E-state index >= 15 is 0 Å². The van der Waals surface area contributed by atoms with E-state index < -0.39 is 11.9 Å². The lowest BCUT2D eigenvalue weighted by Gasteiger charge is -2.27. The minimum absolute atomic E-state index is 0.322. The predicted octanol–water partition coefficient (Wildman–Crippen LogP) is 3.48. The van der Waals surface area contributed by atoms with Crippen LogP contribution in [0.25, 0.3) is 16.7 Å². The van der Waals surface area contributed by atoms with Gasteiger partial charge in [-0.25, -0.2) is 14.4 Å². The second kappa shape index (κ2) is 7.63. The summed E-state index contributed by atoms with van der Waals surface area (Å²) < 4.78 is 20.5. The highest BCUT2D eigenvalue weighted by Crippen LogP contribution is 2.46. The van der Waals surface area contributed by atoms with Gasteiger partial charge in [-0.3, -0.25) is 0 Å². The standard InChI is InChI=1S/C23H22FN6OPS/c1-10-2-3-30(7-10)23-28-5-12-13-8-31-9-14(13)16(20(32)18(12)29-23)19-17-11(4-25)22(26)33-21(17)15(24)6-27-19/h5-6,10,19,27H,2-3,7-9,26,32H2,1H3. The molecule has 3 unspecified atom stereocenters. The molecule has 33 heavy (non-hydrogen) atoms. The molecule has 3 aromatic rings. The molecule has 0 aliphatic carbocycles. The third-order valence-corrected chi connectivity index (χ3v) is 8.42. The number of aromatic nitrogens is 2. The van der Waals surface area contributed by atoms with Crippen LogP contribution in [0.4, 0.5) is 15.3 Å². The Morgan fingerprint density at radius 2 is 2.18 bits per heavy atom. The largest absolute Gasteiger partial charge is 0.389 e. The number of halogens is 1. The molecule has 5 heterocycles. The predicted molar refractivity (Wildman–Crippen MR) is 131 cm³/mol. The van der Waals surface area contributed by atoms with E-state index in [0.29, 0.717) is 40.1 Å². The number of nitrogens with one attached hydrogen (secondary N) is 1. The molecule has 1 aromatic carbocycles. The Hall–Kier alpha value is -2.79. The molecule has 0 spiro atoms. The number of hydrogen-bond donors (Lipinski definition) is 2. The molecule has 1 fully saturated rings. The summed E-state index contributed by atoms with van der Waals surface area (Å²) in [6.45, 7) is 5.03. The Balaban J connectivity index is 1.59. The smallest absolute Gasteiger partial charge is 0.225 e. The number of nitriles is 1. The van der Waals surface area contributed by atoms with Gasteiger partial charge in [-0.05, 0) is 29.0 Å². The van der Waals surface area contributed by atoms with E-state index in [1.807, 2.05) is 6.20 Å². The molecule has 2 aromatic heterocycles. The Morgan fingerprint density at radius 3 is 2.94 bits per heavy atom. The number of hydrogen-bond acceptors (Lipinski definition) is 8. The summed E-state index contributed by atoms with van der Waals surface area (Å²) in [6, 6.07) is 1.75. The molecule has 3 N–H and O–H groups in total. The van der Waals surface area contributed by atoms with Crippen molar-refractivity contribution in [3.8, 4) is 6.07 Å². The molecular formula is C23H22FN6OPS. The number of anilines is 2. The second-order valence-corrected chi connectivity index (χ2v) is 10.5. The molecule has 3 atom stereocenters. The van der Waals surface area contributed by atoms with Crippen molar-refractivity contribution in [1.82, 2.24) is 15.3 Å². The van der Waals surface area contributed by atoms with E-state index in [2.05, 4.69) is 37.4 Å². The fourth-order valence-electron chi connectivity index (χ4n) is 5.16. The third-order valence-electron chi connectivity index (χ3n) is 6.79. The van der Waals surface area contributed by atoms with Crippen molar-refractivity contribution in [2.45, 2.75) is 32.6 Å². The number of thiophene rings is 1. The summed E-state index contributed by atoms with van der Waals surface area (Å²) in [6.07, 6.45) is 4.38. The van der Waals surface area contributed by atoms with Gasteiger partial charge in [0, 0.05) is 41.7 Å². The highest BCUT2D eigenvalue weighted by Gasteiger charge is 2.35. The van der Waals surface area contributed by atoms with E-state index in [-0.39, 0.29) is 0 Å². The molecule has 6 rings (SSSR count). The van der Waals surface area contributed by atoms with Crippen LogP contribution < -0.4 is 21.3 Å². The van der Waals surface area contributed by atoms with Crippen molar-refractivity contribution in [3.05, 3.63) is 45.1 Å². The van der Waals surface area contributed by atoms with Crippen molar-refractivity contribution in [3.63, 3.8) is 0 Å². The lowest BCUT2D eigenvalue weighted by atomic mass is 9.88. The van der Waals surface area contributed by atoms with Crippen molar-refractivity contribution >= 4 is 53.6 Å². The van der Waals surface area contributed by atoms with Gasteiger partial charge in [-0.1, -0.05) is 6.92 Å². The maximum absolute atomic E-state index is 14.7. The number of benzene rings is 1. The first-order valence-corrected chi connectivity index (χ1v) is 12.2. The number of rotatable bonds is 2. The van der Waals surface area contributed by atoms with Crippen LogP contribution in [-0.4, -0.2) is 23.1 Å². The highest BCUT2D eigenvalue weighted by molar-refractivity contribution is 7.28. The summed E-state index contributed by atoms with van der Waals surface area (Å²) in [5.41, 5.74) is 10.9. The van der Waals surface area contributed by atoms with Crippen LogP contribution >= 0.6 is 20.6 Å². The highest BCUT2D eigenvalue weighted by atomic mass is 32.1. The molecule has 7 nitrogen and oxygen atoms in total. The van der Waals surface area contributed by atoms with Gasteiger partial charge in [0.15, 0.2) is 5.83 Å². The first-order valence-electron chi connectivity index (χ1n) is 10.8. The van der Waals surface area contributed by atoms with Crippen LogP contribution in [0.1, 0.15) is 52.1 Å². The molecule has 1 saturated heterocycles. The van der Waals surface area contributed by atoms with Crippen LogP contribution in [0.2, 0.25) is 0 Å². The van der Waals surface area contributed by atoms with E-state index in [1.54, 1.807) is 0 Å². The number of nitrogens with two attached hydrogens (primary N) is 1. The van der Waals surface area contributed by atoms with Crippen LogP contribution in [-0.2, 0) is 18.0 Å². The molecule has 168 valence electrons. The molecule has 3 aliphatic rings. The lowest BCUT2D eigenvalue weighted by molar-refractivity contribution is 0.134. The SMILES string of the molecule is CC1CCN(c2ncc3c4c(c(C5NC=C(F)c6sc(N)c(C#N)c65)c(P)c3n2)COC4)C1. The van der Waals surface area contributed by atoms with Crippen molar-refractivity contribution in [2.24, 2.45) is 5.92 Å². The summed E-state index contributed by atoms with van der Waals surface area (Å²) in [7, 11) is 2.83. The Bertz CT molecular complexity index is 1400. The van der Waals surface area contributed by atoms with Crippen LogP contribution in [0, 0.1) is 17.2 Å². The zero-order chi connectivity index (χ0) is 22.9. The fraction of sp³-hybridized carbons (Fsp3) is 0.348. The number of ether oxygens (including phenoxy) is 1. The molecule has 0 saturated carbocycles. The average molecular weight is 481 g/mol. The van der Waals surface area contributed by atoms with Crippen molar-refractivity contribution < 1.29 is 9.13 Å². The van der Waals surface area contributed by atoms with Gasteiger partial charge in [0.1, 0.15) is 11.1 Å². The van der Waals surface area contributed by atoms with E-state index in [4.69, 9.17) is 15.5 Å². The van der Waals surface area contributed by atoms with E-state index in [1.165, 1.54) is 6.20 Å². The van der Waals surface area contributed by atoms with Gasteiger partial charge in [0.2, 0.25) is 5.95 Å². The zero-order valence-corrected chi connectivity index (χ0v) is 20.0. The maximum Gasteiger partial charge on any atom is 0.225 e. The molecule has 3 aliphatic heterocycles. The Kier molecular flexibility index (Phi) is 4.80. The fourth-order valence-corrected chi connectivity index (χ4v) is 6.69. The molecule has 10 heteroatoms. The maximum atomic E-state index is 14.7. The van der Waals surface area contributed by atoms with E-state index in [9.17, 15) is 9.65 Å². The van der Waals surface area contributed by atoms with E-state index in [0.717, 1.165) is 69.7 Å². The number of nitrogen functional groups attached to an aromatic ring is 1. The molecule has 0 amide bonds. The van der Waals surface area contributed by atoms with Crippen LogP contribution in [0.15, 0.2) is 12.4 Å². The number of fused-ring (bicyclic) bond motifs is 4. The first kappa shape index (κ1) is 20.8. The third kappa shape index (κ3) is 3.05. The summed E-state index contributed by atoms with van der Waals surface area (Å²) in [5.74, 6) is 0.927. The lowest BCUT2D eigenvalue weighted by Crippen LogP contribution is -2.28. The molecular weight excluding hydrogens is 458 g/mol. The summed E-state index contributed by atoms with van der Waals surface area (Å²) in [5, 5.41) is 15.2. The van der Waals surface area contributed by atoms with Crippen LogP contribution in [0.5, 0.6) is 0 Å². The first-order chi connectivity index (χ1) is 16.0. The summed E-state index contributed by atoms with van der Waals surface area (Å²) in [4.78, 5) is 12.3. The average Bonchev–Trinajstić information content (AvgIpc) is 3.53. The topological polar surface area (TPSA) is 100 Å². The quantitative estimate of drug-likeness (QED) is 0.542. The monoisotopic (exact) mass is 480 g/mol. The van der Waals surface area contributed by atoms with Crippen LogP contribution in [0.3, 0.4) is 0 Å². The minimum Gasteiger partial charge on any atom is -0.389 e. The molecule has 0 radical (unpaired) electrons. The minimum atomic E-state index is -0.430. The normalized spacial score (nSPS) is 21.5. The van der Waals surface area contributed by atoms with Crippen molar-refractivity contribution in [2.75, 3.05) is 23.7 Å². The van der Waals surface area contributed by atoms with Crippen molar-refractivity contribution in [1.29, 1.82) is 5.26 Å². The van der Waals surface area contributed by atoms with Gasteiger partial charge in [0.05, 0.1) is 35.2 Å². The van der Waals surface area contributed by atoms with Gasteiger partial charge in [0.25, 0.3) is 0 Å². The Morgan fingerprint density at radius 1 is 1.36 bits per heavy atom. The van der Waals surface area contributed by atoms with Gasteiger partial charge in [-0.15, -0.1) is 20.6 Å². The zero-order valence-electron chi connectivity index (χ0n) is 18.0. The molecule has 0 bridgehead atoms. The number of nitrogens with zero attached hydrogens (tertiary/aromatic N) is 4. The second-order valence-electron chi connectivity index (χ2n) is 8.84. The van der Waals surface area contributed by atoms with Gasteiger partial charge in [-0.2, -0.15) is 5.26 Å². The summed E-state index contributed by atoms with van der Waals surface area (Å²) >= 11 is 1.11.